The number of esters is 1. The van der Waals surface area contributed by atoms with Gasteiger partial charge in [-0.05, 0) is 12.5 Å². The third-order valence-electron chi connectivity index (χ3n) is 2.92. The van der Waals surface area contributed by atoms with Gasteiger partial charge in [0.05, 0.1) is 18.2 Å². The Balaban J connectivity index is 2.46. The van der Waals surface area contributed by atoms with Crippen LogP contribution in [-0.2, 0) is 9.53 Å². The lowest BCUT2D eigenvalue weighted by atomic mass is 9.96. The minimum Gasteiger partial charge on any atom is -0.463 e. The summed E-state index contributed by atoms with van der Waals surface area (Å²) in [6, 6.07) is 8.60. The van der Waals surface area contributed by atoms with Crippen molar-refractivity contribution >= 4 is 34.6 Å². The summed E-state index contributed by atoms with van der Waals surface area (Å²) in [5.74, 6) is -0.402. The quantitative estimate of drug-likeness (QED) is 0.474. The number of rotatable bonds is 4. The number of carbonyl (C=O) groups excluding carboxylic acids is 2. The van der Waals surface area contributed by atoms with Crippen LogP contribution >= 0.6 is 22.6 Å². The molecule has 2 rings (SSSR count). The molecule has 1 atom stereocenters. The van der Waals surface area contributed by atoms with Crippen molar-refractivity contribution in [3.8, 4) is 0 Å². The Morgan fingerprint density at radius 3 is 2.65 bits per heavy atom. The predicted octanol–water partition coefficient (Wildman–Crippen LogP) is 2.29. The Bertz CT molecular complexity index is 543. The largest absolute Gasteiger partial charge is 0.463 e. The molecule has 2 N–H and O–H groups in total. The molecule has 0 aliphatic carbocycles. The van der Waals surface area contributed by atoms with Crippen LogP contribution in [0, 0.1) is 0 Å². The number of halogens is 1. The number of allylic oxidation sites excluding steroid dienone is 1. The summed E-state index contributed by atoms with van der Waals surface area (Å²) < 4.78 is 5.64. The summed E-state index contributed by atoms with van der Waals surface area (Å²) in [6.07, 6.45) is 0. The van der Waals surface area contributed by atoms with Gasteiger partial charge in [0.15, 0.2) is 0 Å². The van der Waals surface area contributed by atoms with Gasteiger partial charge in [-0.1, -0.05) is 52.9 Å². The van der Waals surface area contributed by atoms with Crippen LogP contribution in [0.25, 0.3) is 0 Å². The van der Waals surface area contributed by atoms with E-state index in [0.717, 1.165) is 5.56 Å². The van der Waals surface area contributed by atoms with Gasteiger partial charge in [-0.2, -0.15) is 0 Å². The summed E-state index contributed by atoms with van der Waals surface area (Å²) in [5.41, 5.74) is 1.92. The van der Waals surface area contributed by atoms with Crippen molar-refractivity contribution in [2.24, 2.45) is 0 Å². The van der Waals surface area contributed by atoms with Crippen LogP contribution in [0.5, 0.6) is 0 Å². The van der Waals surface area contributed by atoms with Crippen molar-refractivity contribution in [2.75, 3.05) is 11.0 Å². The van der Waals surface area contributed by atoms with Crippen LogP contribution in [0.3, 0.4) is 0 Å². The fraction of sp³-hybridized carbons (Fsp3) is 0.286. The summed E-state index contributed by atoms with van der Waals surface area (Å²) in [4.78, 5) is 23.9. The number of ether oxygens (including phenoxy) is 1. The minimum absolute atomic E-state index is 0.298. The molecule has 0 spiro atoms. The molecule has 106 valence electrons. The fourth-order valence-corrected chi connectivity index (χ4v) is 2.67. The van der Waals surface area contributed by atoms with Crippen LogP contribution in [0.4, 0.5) is 4.79 Å². The van der Waals surface area contributed by atoms with E-state index in [1.165, 1.54) is 0 Å². The smallest absolute Gasteiger partial charge is 0.338 e. The number of nitrogens with one attached hydrogen (secondary N) is 2. The normalized spacial score (nSPS) is 18.3. The first kappa shape index (κ1) is 14.8. The number of carbonyl (C=O) groups is 2. The van der Waals surface area contributed by atoms with Gasteiger partial charge < -0.3 is 15.4 Å². The lowest BCUT2D eigenvalue weighted by Gasteiger charge is -2.28. The van der Waals surface area contributed by atoms with Crippen molar-refractivity contribution < 1.29 is 14.3 Å². The fourth-order valence-electron chi connectivity index (χ4n) is 2.07. The average Bonchev–Trinajstić information content (AvgIpc) is 2.47. The highest BCUT2D eigenvalue weighted by Crippen LogP contribution is 2.28. The molecule has 0 saturated carbocycles. The van der Waals surface area contributed by atoms with E-state index in [1.54, 1.807) is 6.92 Å². The average molecular weight is 386 g/mol. The number of urea groups is 1. The van der Waals surface area contributed by atoms with Gasteiger partial charge in [0.2, 0.25) is 0 Å². The molecular weight excluding hydrogens is 371 g/mol. The van der Waals surface area contributed by atoms with Gasteiger partial charge in [-0.3, -0.25) is 0 Å². The highest BCUT2D eigenvalue weighted by atomic mass is 127. The number of benzene rings is 1. The van der Waals surface area contributed by atoms with Gasteiger partial charge in [0.1, 0.15) is 0 Å². The predicted molar refractivity (Wildman–Crippen MR) is 83.4 cm³/mol. The van der Waals surface area contributed by atoms with Gasteiger partial charge in [0.25, 0.3) is 0 Å². The van der Waals surface area contributed by atoms with E-state index in [2.05, 4.69) is 33.2 Å². The topological polar surface area (TPSA) is 67.4 Å². The highest BCUT2D eigenvalue weighted by molar-refractivity contribution is 14.1. The molecule has 2 amide bonds. The molecule has 1 aliphatic rings. The molecule has 1 aromatic carbocycles. The number of hydrogen-bond donors (Lipinski definition) is 2. The number of amides is 2. The van der Waals surface area contributed by atoms with Crippen LogP contribution in [0.15, 0.2) is 41.6 Å². The van der Waals surface area contributed by atoms with E-state index >= 15 is 0 Å². The Morgan fingerprint density at radius 1 is 1.35 bits per heavy atom. The zero-order valence-corrected chi connectivity index (χ0v) is 13.1. The third-order valence-corrected chi connectivity index (χ3v) is 3.68. The molecule has 1 heterocycles. The Hall–Kier alpha value is -1.57. The second kappa shape index (κ2) is 6.74. The molecule has 6 heteroatoms. The zero-order valence-electron chi connectivity index (χ0n) is 11.0. The zero-order chi connectivity index (χ0) is 14.5. The van der Waals surface area contributed by atoms with E-state index in [-0.39, 0.29) is 6.03 Å². The first-order valence-electron chi connectivity index (χ1n) is 6.26. The maximum Gasteiger partial charge on any atom is 0.338 e. The first-order chi connectivity index (χ1) is 9.67. The molecule has 20 heavy (non-hydrogen) atoms. The second-order valence-electron chi connectivity index (χ2n) is 4.19. The maximum atomic E-state index is 12.2. The van der Waals surface area contributed by atoms with Gasteiger partial charge in [-0.25, -0.2) is 9.59 Å². The van der Waals surface area contributed by atoms with Crippen molar-refractivity contribution in [3.63, 3.8) is 0 Å². The van der Waals surface area contributed by atoms with Crippen molar-refractivity contribution in [1.29, 1.82) is 0 Å². The summed E-state index contributed by atoms with van der Waals surface area (Å²) in [7, 11) is 0. The molecule has 0 aromatic heterocycles. The SMILES string of the molecule is CCOC(=O)C1=C(CI)NC(=O)N[C@H]1c1ccccc1. The van der Waals surface area contributed by atoms with Crippen LogP contribution in [0.2, 0.25) is 0 Å². The molecular formula is C14H15IN2O3. The minimum atomic E-state index is -0.478. The van der Waals surface area contributed by atoms with E-state index in [0.29, 0.717) is 22.3 Å². The molecule has 0 bridgehead atoms. The van der Waals surface area contributed by atoms with Gasteiger partial charge >= 0.3 is 12.0 Å². The first-order valence-corrected chi connectivity index (χ1v) is 7.78. The third kappa shape index (κ3) is 3.12. The lowest BCUT2D eigenvalue weighted by Crippen LogP contribution is -2.46. The monoisotopic (exact) mass is 386 g/mol. The van der Waals surface area contributed by atoms with Crippen LogP contribution in [-0.4, -0.2) is 23.0 Å². The second-order valence-corrected chi connectivity index (χ2v) is 4.95. The van der Waals surface area contributed by atoms with Crippen LogP contribution < -0.4 is 10.6 Å². The Morgan fingerprint density at radius 2 is 2.05 bits per heavy atom. The van der Waals surface area contributed by atoms with E-state index in [1.807, 2.05) is 30.3 Å². The Kier molecular flexibility index (Phi) is 4.99. The Labute approximate surface area is 130 Å². The molecule has 1 aromatic rings. The van der Waals surface area contributed by atoms with Crippen molar-refractivity contribution in [1.82, 2.24) is 10.6 Å². The molecule has 0 fully saturated rings. The highest BCUT2D eigenvalue weighted by Gasteiger charge is 2.32. The molecule has 0 saturated heterocycles. The standard InChI is InChI=1S/C14H15IN2O3/c1-2-20-13(18)11-10(8-15)16-14(19)17-12(11)9-6-4-3-5-7-9/h3-7,12H,2,8H2,1H3,(H2,16,17,19)/t12-/m0/s1. The van der Waals surface area contributed by atoms with E-state index in [4.69, 9.17) is 4.74 Å². The molecule has 0 radical (unpaired) electrons. The summed E-state index contributed by atoms with van der Waals surface area (Å²) >= 11 is 2.11. The van der Waals surface area contributed by atoms with Gasteiger partial charge in [0, 0.05) is 10.1 Å². The van der Waals surface area contributed by atoms with Crippen molar-refractivity contribution in [3.05, 3.63) is 47.2 Å². The summed E-state index contributed by atoms with van der Waals surface area (Å²) in [6.45, 7) is 2.06. The molecule has 1 aliphatic heterocycles. The number of hydrogen-bond acceptors (Lipinski definition) is 3. The van der Waals surface area contributed by atoms with Gasteiger partial charge in [-0.15, -0.1) is 0 Å². The summed E-state index contributed by atoms with van der Waals surface area (Å²) in [5, 5.41) is 5.45. The number of alkyl halides is 1. The van der Waals surface area contributed by atoms with Crippen molar-refractivity contribution in [2.45, 2.75) is 13.0 Å². The molecule has 0 unspecified atom stereocenters. The maximum absolute atomic E-state index is 12.2. The van der Waals surface area contributed by atoms with E-state index < -0.39 is 12.0 Å². The van der Waals surface area contributed by atoms with E-state index in [9.17, 15) is 9.59 Å². The molecule has 5 nitrogen and oxygen atoms in total. The van der Waals surface area contributed by atoms with Crippen LogP contribution in [0.1, 0.15) is 18.5 Å². The lowest BCUT2D eigenvalue weighted by molar-refractivity contribution is -0.139.